The van der Waals surface area contributed by atoms with Gasteiger partial charge in [-0.2, -0.15) is 0 Å². The van der Waals surface area contributed by atoms with Crippen molar-refractivity contribution in [3.8, 4) is 5.75 Å². The summed E-state index contributed by atoms with van der Waals surface area (Å²) < 4.78 is 10.8. The molecule has 1 aromatic carbocycles. The topological polar surface area (TPSA) is 88.0 Å². The monoisotopic (exact) mass is 363 g/mol. The largest absolute Gasteiger partial charge is 0.497 e. The molecule has 144 valence electrons. The molecule has 1 unspecified atom stereocenters. The van der Waals surface area contributed by atoms with E-state index in [1.165, 1.54) is 19.3 Å². The molecule has 0 bridgehead atoms. The third-order valence-electron chi connectivity index (χ3n) is 5.53. The van der Waals surface area contributed by atoms with Gasteiger partial charge in [0.1, 0.15) is 18.0 Å². The van der Waals surface area contributed by atoms with Crippen LogP contribution in [-0.4, -0.2) is 48.1 Å². The fraction of sp³-hybridized carbons (Fsp3) is 0.650. The summed E-state index contributed by atoms with van der Waals surface area (Å²) in [6, 6.07) is 7.71. The molecule has 1 heterocycles. The number of nitrogens with one attached hydrogen (secondary N) is 1. The van der Waals surface area contributed by atoms with E-state index in [9.17, 15) is 15.0 Å². The van der Waals surface area contributed by atoms with Crippen LogP contribution in [0.2, 0.25) is 0 Å². The fourth-order valence-electron chi connectivity index (χ4n) is 3.98. The van der Waals surface area contributed by atoms with Crippen molar-refractivity contribution in [2.45, 2.75) is 62.9 Å². The molecule has 1 aliphatic heterocycles. The smallest absolute Gasteiger partial charge is 0.249 e. The molecule has 1 aliphatic carbocycles. The molecule has 6 heteroatoms. The highest BCUT2D eigenvalue weighted by molar-refractivity contribution is 5.81. The van der Waals surface area contributed by atoms with Crippen LogP contribution in [-0.2, 0) is 9.53 Å². The minimum absolute atomic E-state index is 0.0213. The molecule has 2 aliphatic rings. The van der Waals surface area contributed by atoms with Gasteiger partial charge in [-0.25, -0.2) is 0 Å². The Morgan fingerprint density at radius 2 is 2.00 bits per heavy atom. The molecule has 0 aromatic heterocycles. The van der Waals surface area contributed by atoms with Gasteiger partial charge in [0.05, 0.1) is 25.9 Å². The highest BCUT2D eigenvalue weighted by atomic mass is 16.5. The van der Waals surface area contributed by atoms with E-state index in [1.807, 2.05) is 24.3 Å². The summed E-state index contributed by atoms with van der Waals surface area (Å²) in [6.07, 6.45) is 3.27. The van der Waals surface area contributed by atoms with Crippen molar-refractivity contribution in [3.05, 3.63) is 29.8 Å². The molecule has 6 nitrogen and oxygen atoms in total. The van der Waals surface area contributed by atoms with Gasteiger partial charge in [0, 0.05) is 6.42 Å². The van der Waals surface area contributed by atoms with Crippen LogP contribution < -0.4 is 10.1 Å². The van der Waals surface area contributed by atoms with Gasteiger partial charge in [0.15, 0.2) is 0 Å². The maximum Gasteiger partial charge on any atom is 0.249 e. The Kier molecular flexibility index (Phi) is 6.51. The predicted molar refractivity (Wildman–Crippen MR) is 96.8 cm³/mol. The summed E-state index contributed by atoms with van der Waals surface area (Å²) in [5.41, 5.74) is 1.03. The van der Waals surface area contributed by atoms with E-state index in [2.05, 4.69) is 5.32 Å². The Balaban J connectivity index is 1.75. The van der Waals surface area contributed by atoms with Crippen molar-refractivity contribution in [2.24, 2.45) is 5.92 Å². The van der Waals surface area contributed by atoms with Gasteiger partial charge in [-0.1, -0.05) is 31.4 Å². The second-order valence-electron chi connectivity index (χ2n) is 7.35. The summed E-state index contributed by atoms with van der Waals surface area (Å²) in [5.74, 6) is 0.915. The van der Waals surface area contributed by atoms with E-state index in [0.29, 0.717) is 5.92 Å². The number of carbonyl (C=O) groups excluding carboxylic acids is 1. The van der Waals surface area contributed by atoms with Crippen LogP contribution in [0.4, 0.5) is 0 Å². The highest BCUT2D eigenvalue weighted by Gasteiger charge is 2.35. The first-order valence-corrected chi connectivity index (χ1v) is 9.50. The molecule has 1 aromatic rings. The van der Waals surface area contributed by atoms with Crippen LogP contribution in [0.5, 0.6) is 5.75 Å². The molecule has 1 amide bonds. The molecular weight excluding hydrogens is 334 g/mol. The Labute approximate surface area is 154 Å². The van der Waals surface area contributed by atoms with Crippen LogP contribution in [0.15, 0.2) is 24.3 Å². The number of hydrogen-bond acceptors (Lipinski definition) is 5. The summed E-state index contributed by atoms with van der Waals surface area (Å²) in [7, 11) is 1.63. The molecule has 0 radical (unpaired) electrons. The van der Waals surface area contributed by atoms with Crippen molar-refractivity contribution >= 4 is 5.91 Å². The average Bonchev–Trinajstić information content (AvgIpc) is 2.68. The molecule has 0 spiro atoms. The predicted octanol–water partition coefficient (Wildman–Crippen LogP) is 1.94. The summed E-state index contributed by atoms with van der Waals surface area (Å²) in [6.45, 7) is -0.0213. The van der Waals surface area contributed by atoms with Crippen LogP contribution in [0, 0.1) is 5.92 Å². The van der Waals surface area contributed by atoms with Crippen LogP contribution in [0.25, 0.3) is 0 Å². The zero-order chi connectivity index (χ0) is 18.5. The van der Waals surface area contributed by atoms with Gasteiger partial charge in [-0.3, -0.25) is 4.79 Å². The zero-order valence-corrected chi connectivity index (χ0v) is 15.3. The number of benzene rings is 1. The van der Waals surface area contributed by atoms with Crippen molar-refractivity contribution in [2.75, 3.05) is 13.7 Å². The quantitative estimate of drug-likeness (QED) is 0.744. The van der Waals surface area contributed by atoms with Crippen LogP contribution >= 0.6 is 0 Å². The molecule has 26 heavy (non-hydrogen) atoms. The van der Waals surface area contributed by atoms with Gasteiger partial charge in [0.25, 0.3) is 0 Å². The first kappa shape index (κ1) is 19.1. The van der Waals surface area contributed by atoms with Crippen molar-refractivity contribution in [1.29, 1.82) is 0 Å². The first-order chi connectivity index (χ1) is 12.6. The fourth-order valence-corrected chi connectivity index (χ4v) is 3.98. The number of rotatable bonds is 5. The number of ether oxygens (including phenoxy) is 2. The molecule has 3 N–H and O–H groups in total. The Hall–Kier alpha value is -1.63. The minimum atomic E-state index is -0.926. The Morgan fingerprint density at radius 1 is 1.23 bits per heavy atom. The van der Waals surface area contributed by atoms with E-state index in [-0.39, 0.29) is 25.0 Å². The van der Waals surface area contributed by atoms with Gasteiger partial charge in [-0.15, -0.1) is 0 Å². The number of aliphatic hydroxyl groups excluding tert-OH is 2. The van der Waals surface area contributed by atoms with Gasteiger partial charge < -0.3 is 25.0 Å². The normalized spacial score (nSPS) is 28.3. The maximum atomic E-state index is 12.8. The molecule has 4 atom stereocenters. The second kappa shape index (κ2) is 8.84. The van der Waals surface area contributed by atoms with E-state index in [0.717, 1.165) is 24.2 Å². The average molecular weight is 363 g/mol. The van der Waals surface area contributed by atoms with Crippen molar-refractivity contribution < 1.29 is 24.5 Å². The Bertz CT molecular complexity index is 602. The lowest BCUT2D eigenvalue weighted by Crippen LogP contribution is -2.49. The lowest BCUT2D eigenvalue weighted by atomic mass is 9.81. The molecular formula is C20H29NO5. The summed E-state index contributed by atoms with van der Waals surface area (Å²) in [4.78, 5) is 12.8. The summed E-state index contributed by atoms with van der Waals surface area (Å²) in [5, 5.41) is 22.6. The third-order valence-corrected chi connectivity index (χ3v) is 5.53. The lowest BCUT2D eigenvalue weighted by Gasteiger charge is -2.34. The molecule has 1 saturated heterocycles. The maximum absolute atomic E-state index is 12.8. The number of hydrogen-bond donors (Lipinski definition) is 3. The van der Waals surface area contributed by atoms with Crippen LogP contribution in [0.3, 0.4) is 0 Å². The Morgan fingerprint density at radius 3 is 2.69 bits per heavy atom. The van der Waals surface area contributed by atoms with Gasteiger partial charge >= 0.3 is 0 Å². The van der Waals surface area contributed by atoms with E-state index in [1.54, 1.807) is 7.11 Å². The lowest BCUT2D eigenvalue weighted by molar-refractivity contribution is -0.154. The van der Waals surface area contributed by atoms with Crippen LogP contribution in [0.1, 0.15) is 50.1 Å². The van der Waals surface area contributed by atoms with Gasteiger partial charge in [0.2, 0.25) is 5.91 Å². The standard InChI is InChI=1S/C20H29NO5/c1-25-15-9-5-8-14(10-15)19(13-6-3-2-4-7-13)21-20(24)18-11-16(22)17(23)12-26-18/h5,8-10,13,16-19,22-23H,2-4,6-7,11-12H2,1H3,(H,21,24)/t16-,17+,18+,19?/m1/s1. The van der Waals surface area contributed by atoms with Gasteiger partial charge in [-0.05, 0) is 36.5 Å². The number of amides is 1. The zero-order valence-electron chi connectivity index (χ0n) is 15.3. The first-order valence-electron chi connectivity index (χ1n) is 9.50. The number of aliphatic hydroxyl groups is 2. The van der Waals surface area contributed by atoms with E-state index >= 15 is 0 Å². The van der Waals surface area contributed by atoms with E-state index in [4.69, 9.17) is 9.47 Å². The van der Waals surface area contributed by atoms with Crippen molar-refractivity contribution in [1.82, 2.24) is 5.32 Å². The van der Waals surface area contributed by atoms with E-state index < -0.39 is 18.3 Å². The highest BCUT2D eigenvalue weighted by Crippen LogP contribution is 2.35. The molecule has 1 saturated carbocycles. The number of methoxy groups -OCH3 is 1. The SMILES string of the molecule is COc1cccc(C(NC(=O)[C@@H]2C[C@@H](O)[C@@H](O)CO2)C2CCCCC2)c1. The number of carbonyl (C=O) groups is 1. The van der Waals surface area contributed by atoms with Crippen molar-refractivity contribution in [3.63, 3.8) is 0 Å². The molecule has 3 rings (SSSR count). The molecule has 2 fully saturated rings. The minimum Gasteiger partial charge on any atom is -0.497 e. The third kappa shape index (κ3) is 4.55. The summed E-state index contributed by atoms with van der Waals surface area (Å²) >= 11 is 0. The second-order valence-corrected chi connectivity index (χ2v) is 7.35.